The number of hydrogen-bond acceptors (Lipinski definition) is 7. The van der Waals surface area contributed by atoms with E-state index in [1.54, 1.807) is 42.5 Å². The maximum absolute atomic E-state index is 13.4. The number of amides is 1. The summed E-state index contributed by atoms with van der Waals surface area (Å²) < 4.78 is 13.4. The number of aromatic hydroxyl groups is 1. The molecule has 0 saturated carbocycles. The van der Waals surface area contributed by atoms with Gasteiger partial charge in [0.15, 0.2) is 0 Å². The van der Waals surface area contributed by atoms with Gasteiger partial charge in [0, 0.05) is 65.8 Å². The number of hydrogen-bond donors (Lipinski definition) is 4. The van der Waals surface area contributed by atoms with Gasteiger partial charge in [-0.25, -0.2) is 9.37 Å². The number of phenols is 1. The van der Waals surface area contributed by atoms with Crippen molar-refractivity contribution >= 4 is 34.7 Å². The van der Waals surface area contributed by atoms with Crippen molar-refractivity contribution in [2.24, 2.45) is 0 Å². The lowest BCUT2D eigenvalue weighted by molar-refractivity contribution is -0.122. The Hall–Kier alpha value is -3.40. The molecule has 0 bridgehead atoms. The molecule has 5 N–H and O–H groups in total. The fourth-order valence-corrected chi connectivity index (χ4v) is 4.23. The highest BCUT2D eigenvalue weighted by Crippen LogP contribution is 2.33. The van der Waals surface area contributed by atoms with Crippen LogP contribution in [0, 0.1) is 0 Å². The molecule has 1 saturated heterocycles. The van der Waals surface area contributed by atoms with Gasteiger partial charge in [0.1, 0.15) is 18.2 Å². The zero-order valence-electron chi connectivity index (χ0n) is 20.1. The Morgan fingerprint density at radius 1 is 1.11 bits per heavy atom. The molecule has 2 aromatic carbocycles. The van der Waals surface area contributed by atoms with Gasteiger partial charge < -0.3 is 26.4 Å². The molecule has 36 heavy (non-hydrogen) atoms. The highest BCUT2D eigenvalue weighted by molar-refractivity contribution is 6.30. The van der Waals surface area contributed by atoms with Crippen molar-refractivity contribution in [2.75, 3.05) is 50.8 Å². The standard InChI is InChI=1S/C26H30ClFN6O2/c1-33-8-10-34(11-9-33)16-25(36)30-15-17-2-5-23(32-26(17)29)21-13-20(4-7-24(21)35)31-22-6-3-19(27)12-18(22)14-28/h2-7,12-13,31,35H,8-11,14-16H2,1H3,(H2,29,32)(H,30,36). The van der Waals surface area contributed by atoms with Gasteiger partial charge in [-0.1, -0.05) is 17.7 Å². The van der Waals surface area contributed by atoms with Gasteiger partial charge >= 0.3 is 0 Å². The van der Waals surface area contributed by atoms with Crippen LogP contribution in [0.25, 0.3) is 11.3 Å². The van der Waals surface area contributed by atoms with Crippen LogP contribution in [0.3, 0.4) is 0 Å². The van der Waals surface area contributed by atoms with Gasteiger partial charge in [-0.15, -0.1) is 0 Å². The van der Waals surface area contributed by atoms with E-state index in [0.29, 0.717) is 45.3 Å². The minimum atomic E-state index is -0.667. The van der Waals surface area contributed by atoms with Crippen LogP contribution in [0.4, 0.5) is 21.6 Å². The molecule has 1 aliphatic rings. The lowest BCUT2D eigenvalue weighted by atomic mass is 10.1. The maximum atomic E-state index is 13.4. The molecule has 8 nitrogen and oxygen atoms in total. The van der Waals surface area contributed by atoms with E-state index in [1.807, 2.05) is 0 Å². The Labute approximate surface area is 214 Å². The zero-order valence-corrected chi connectivity index (χ0v) is 20.9. The van der Waals surface area contributed by atoms with Gasteiger partial charge in [0.2, 0.25) is 5.91 Å². The molecule has 1 aliphatic heterocycles. The molecule has 1 amide bonds. The van der Waals surface area contributed by atoms with E-state index in [-0.39, 0.29) is 24.0 Å². The quantitative estimate of drug-likeness (QED) is 0.340. The van der Waals surface area contributed by atoms with Crippen LogP contribution in [0.2, 0.25) is 5.02 Å². The van der Waals surface area contributed by atoms with Gasteiger partial charge in [-0.3, -0.25) is 9.69 Å². The van der Waals surface area contributed by atoms with E-state index >= 15 is 0 Å². The number of nitrogen functional groups attached to an aromatic ring is 1. The normalized spacial score (nSPS) is 14.5. The predicted molar refractivity (Wildman–Crippen MR) is 141 cm³/mol. The van der Waals surface area contributed by atoms with Crippen LogP contribution in [-0.2, 0) is 18.0 Å². The third kappa shape index (κ3) is 6.42. The SMILES string of the molecule is CN1CCN(CC(=O)NCc2ccc(-c3cc(Nc4ccc(Cl)cc4CF)ccc3O)nc2N)CC1. The average molecular weight is 513 g/mol. The number of rotatable bonds is 8. The number of halogens is 2. The number of alkyl halides is 1. The molecule has 0 radical (unpaired) electrons. The summed E-state index contributed by atoms with van der Waals surface area (Å²) in [6.45, 7) is 3.59. The topological polar surface area (TPSA) is 107 Å². The van der Waals surface area contributed by atoms with Crippen molar-refractivity contribution in [3.63, 3.8) is 0 Å². The monoisotopic (exact) mass is 512 g/mol. The molecule has 1 fully saturated rings. The Morgan fingerprint density at radius 2 is 1.89 bits per heavy atom. The Bertz CT molecular complexity index is 1230. The molecule has 0 unspecified atom stereocenters. The van der Waals surface area contributed by atoms with Gasteiger partial charge in [0.25, 0.3) is 0 Å². The summed E-state index contributed by atoms with van der Waals surface area (Å²) in [6.07, 6.45) is 0. The molecule has 0 atom stereocenters. The van der Waals surface area contributed by atoms with Gasteiger partial charge in [0.05, 0.1) is 12.2 Å². The van der Waals surface area contributed by atoms with E-state index in [4.69, 9.17) is 17.3 Å². The molecule has 2 heterocycles. The fourth-order valence-electron chi connectivity index (χ4n) is 4.03. The summed E-state index contributed by atoms with van der Waals surface area (Å²) in [5.41, 5.74) is 9.45. The summed E-state index contributed by atoms with van der Waals surface area (Å²) in [7, 11) is 2.07. The van der Waals surface area contributed by atoms with Gasteiger partial charge in [-0.05, 0) is 49.5 Å². The van der Waals surface area contributed by atoms with Crippen LogP contribution in [-0.4, -0.2) is 65.6 Å². The second-order valence-corrected chi connectivity index (χ2v) is 9.33. The average Bonchev–Trinajstić information content (AvgIpc) is 2.86. The molecular weight excluding hydrogens is 483 g/mol. The molecule has 0 spiro atoms. The summed E-state index contributed by atoms with van der Waals surface area (Å²) in [5.74, 6) is 0.236. The summed E-state index contributed by atoms with van der Waals surface area (Å²) in [6, 6.07) is 13.4. The van der Waals surface area contributed by atoms with Gasteiger partial charge in [-0.2, -0.15) is 0 Å². The minimum absolute atomic E-state index is 0.0301. The number of nitrogens with one attached hydrogen (secondary N) is 2. The highest BCUT2D eigenvalue weighted by atomic mass is 35.5. The Balaban J connectivity index is 1.43. The number of pyridine rings is 1. The van der Waals surface area contributed by atoms with Crippen LogP contribution < -0.4 is 16.4 Å². The van der Waals surface area contributed by atoms with Crippen LogP contribution >= 0.6 is 11.6 Å². The van der Waals surface area contributed by atoms with Crippen LogP contribution in [0.5, 0.6) is 5.75 Å². The van der Waals surface area contributed by atoms with Crippen LogP contribution in [0.1, 0.15) is 11.1 Å². The minimum Gasteiger partial charge on any atom is -0.507 e. The molecule has 0 aliphatic carbocycles. The van der Waals surface area contributed by atoms with Crippen molar-refractivity contribution in [1.82, 2.24) is 20.1 Å². The number of benzene rings is 2. The van der Waals surface area contributed by atoms with Crippen molar-refractivity contribution in [1.29, 1.82) is 0 Å². The lowest BCUT2D eigenvalue weighted by Crippen LogP contribution is -2.48. The summed E-state index contributed by atoms with van der Waals surface area (Å²) in [5, 5.41) is 17.0. The number of piperazine rings is 1. The first-order valence-electron chi connectivity index (χ1n) is 11.7. The Kier molecular flexibility index (Phi) is 8.25. The number of carbonyl (C=O) groups excluding carboxylic acids is 1. The third-order valence-electron chi connectivity index (χ3n) is 6.21. The number of anilines is 3. The smallest absolute Gasteiger partial charge is 0.234 e. The van der Waals surface area contributed by atoms with E-state index in [2.05, 4.69) is 32.5 Å². The first-order valence-corrected chi connectivity index (χ1v) is 12.1. The largest absolute Gasteiger partial charge is 0.507 e. The third-order valence-corrected chi connectivity index (χ3v) is 6.45. The Morgan fingerprint density at radius 3 is 2.61 bits per heavy atom. The van der Waals surface area contributed by atoms with Crippen LogP contribution in [0.15, 0.2) is 48.5 Å². The fraction of sp³-hybridized carbons (Fsp3) is 0.308. The molecule has 3 aromatic rings. The van der Waals surface area contributed by atoms with E-state index < -0.39 is 6.67 Å². The molecule has 1 aromatic heterocycles. The number of likely N-dealkylation sites (N-methyl/N-ethyl adjacent to an activating group) is 1. The molecule has 190 valence electrons. The van der Waals surface area contributed by atoms with E-state index in [9.17, 15) is 14.3 Å². The van der Waals surface area contributed by atoms with E-state index in [1.165, 1.54) is 6.07 Å². The molecule has 10 heteroatoms. The van der Waals surface area contributed by atoms with Crippen molar-refractivity contribution in [3.8, 4) is 17.0 Å². The summed E-state index contributed by atoms with van der Waals surface area (Å²) >= 11 is 5.97. The second kappa shape index (κ2) is 11.6. The van der Waals surface area contributed by atoms with E-state index in [0.717, 1.165) is 26.2 Å². The zero-order chi connectivity index (χ0) is 25.7. The first kappa shape index (κ1) is 25.7. The predicted octanol–water partition coefficient (Wildman–Crippen LogP) is 3.77. The number of nitrogens with zero attached hydrogens (tertiary/aromatic N) is 3. The van der Waals surface area contributed by atoms with Crippen molar-refractivity contribution < 1.29 is 14.3 Å². The number of nitrogens with two attached hydrogens (primary N) is 1. The van der Waals surface area contributed by atoms with Crippen molar-refractivity contribution in [2.45, 2.75) is 13.2 Å². The maximum Gasteiger partial charge on any atom is 0.234 e. The summed E-state index contributed by atoms with van der Waals surface area (Å²) in [4.78, 5) is 21.2. The number of phenolic OH excluding ortho intramolecular Hbond substituents is 1. The lowest BCUT2D eigenvalue weighted by Gasteiger charge is -2.31. The molecule has 4 rings (SSSR count). The highest BCUT2D eigenvalue weighted by Gasteiger charge is 2.17. The van der Waals surface area contributed by atoms with Crippen molar-refractivity contribution in [3.05, 3.63) is 64.7 Å². The second-order valence-electron chi connectivity index (χ2n) is 8.89. The first-order chi connectivity index (χ1) is 17.3. The number of aromatic nitrogens is 1. The molecular formula is C26H30ClFN6O2. The number of carbonyl (C=O) groups is 1.